The number of esters is 1. The summed E-state index contributed by atoms with van der Waals surface area (Å²) in [5.41, 5.74) is 0.972. The predicted octanol–water partition coefficient (Wildman–Crippen LogP) is 3.19. The maximum Gasteiger partial charge on any atom is 0.309 e. The number of carbonyl (C=O) groups excluding carboxylic acids is 1. The summed E-state index contributed by atoms with van der Waals surface area (Å²) in [6.45, 7) is 6.72. The first-order valence-corrected chi connectivity index (χ1v) is 7.69. The minimum Gasteiger partial charge on any atom is -0.457 e. The largest absolute Gasteiger partial charge is 0.457 e. The zero-order valence-electron chi connectivity index (χ0n) is 11.8. The standard InChI is InChI=1S/C14H21NO3S/c1-4-12-15-9(2)14(19-12)10(3)18-13(16)8-11-6-5-7-17-11/h10-11H,4-8H2,1-3H3/t10-,11-/m1/s1. The molecule has 2 atom stereocenters. The first-order chi connectivity index (χ1) is 9.10. The van der Waals surface area contributed by atoms with Gasteiger partial charge < -0.3 is 9.47 Å². The summed E-state index contributed by atoms with van der Waals surface area (Å²) in [6.07, 6.45) is 3.12. The number of hydrogen-bond donors (Lipinski definition) is 0. The zero-order chi connectivity index (χ0) is 13.8. The lowest BCUT2D eigenvalue weighted by Crippen LogP contribution is -2.16. The van der Waals surface area contributed by atoms with Gasteiger partial charge in [0.15, 0.2) is 0 Å². The SMILES string of the molecule is CCc1nc(C)c([C@@H](C)OC(=O)C[C@H]2CCCO2)s1. The average Bonchev–Trinajstić information content (AvgIpc) is 2.98. The Balaban J connectivity index is 1.90. The van der Waals surface area contributed by atoms with E-state index >= 15 is 0 Å². The summed E-state index contributed by atoms with van der Waals surface area (Å²) in [6, 6.07) is 0. The number of nitrogens with zero attached hydrogens (tertiary/aromatic N) is 1. The molecule has 0 aliphatic carbocycles. The highest BCUT2D eigenvalue weighted by Gasteiger charge is 2.23. The minimum absolute atomic E-state index is 0.0495. The highest BCUT2D eigenvalue weighted by Crippen LogP contribution is 2.28. The van der Waals surface area contributed by atoms with Gasteiger partial charge in [-0.3, -0.25) is 4.79 Å². The van der Waals surface area contributed by atoms with Crippen molar-refractivity contribution in [1.29, 1.82) is 0 Å². The fourth-order valence-electron chi connectivity index (χ4n) is 2.28. The van der Waals surface area contributed by atoms with E-state index in [-0.39, 0.29) is 18.2 Å². The number of ether oxygens (including phenoxy) is 2. The minimum atomic E-state index is -0.216. The van der Waals surface area contributed by atoms with E-state index < -0.39 is 0 Å². The smallest absolute Gasteiger partial charge is 0.309 e. The van der Waals surface area contributed by atoms with E-state index in [9.17, 15) is 4.79 Å². The quantitative estimate of drug-likeness (QED) is 0.779. The van der Waals surface area contributed by atoms with Gasteiger partial charge in [0.25, 0.3) is 0 Å². The molecule has 0 spiro atoms. The molecule has 0 bridgehead atoms. The lowest BCUT2D eigenvalue weighted by atomic mass is 10.2. The molecule has 0 saturated carbocycles. The second-order valence-electron chi connectivity index (χ2n) is 4.88. The van der Waals surface area contributed by atoms with Crippen molar-refractivity contribution in [3.63, 3.8) is 0 Å². The van der Waals surface area contributed by atoms with Crippen molar-refractivity contribution in [2.45, 2.75) is 58.7 Å². The molecule has 5 heteroatoms. The molecule has 0 N–H and O–H groups in total. The molecule has 1 fully saturated rings. The van der Waals surface area contributed by atoms with Gasteiger partial charge >= 0.3 is 5.97 Å². The van der Waals surface area contributed by atoms with Crippen molar-refractivity contribution in [2.75, 3.05) is 6.61 Å². The van der Waals surface area contributed by atoms with Crippen LogP contribution in [0.1, 0.15) is 54.8 Å². The van der Waals surface area contributed by atoms with E-state index in [1.807, 2.05) is 13.8 Å². The Hall–Kier alpha value is -0.940. The van der Waals surface area contributed by atoms with E-state index in [1.54, 1.807) is 11.3 Å². The van der Waals surface area contributed by atoms with Crippen LogP contribution in [0.3, 0.4) is 0 Å². The van der Waals surface area contributed by atoms with Crippen molar-refractivity contribution in [3.8, 4) is 0 Å². The lowest BCUT2D eigenvalue weighted by Gasteiger charge is -2.14. The van der Waals surface area contributed by atoms with Crippen molar-refractivity contribution in [2.24, 2.45) is 0 Å². The van der Waals surface area contributed by atoms with Gasteiger partial charge in [-0.05, 0) is 33.1 Å². The van der Waals surface area contributed by atoms with Crippen LogP contribution in [-0.2, 0) is 20.7 Å². The van der Waals surface area contributed by atoms with Gasteiger partial charge in [-0.25, -0.2) is 4.98 Å². The zero-order valence-corrected chi connectivity index (χ0v) is 12.6. The van der Waals surface area contributed by atoms with Crippen molar-refractivity contribution >= 4 is 17.3 Å². The Labute approximate surface area is 118 Å². The molecule has 1 aromatic heterocycles. The first-order valence-electron chi connectivity index (χ1n) is 6.87. The fourth-order valence-corrected chi connectivity index (χ4v) is 3.27. The molecule has 2 heterocycles. The van der Waals surface area contributed by atoms with E-state index in [0.29, 0.717) is 6.42 Å². The Morgan fingerprint density at radius 3 is 3.00 bits per heavy atom. The normalized spacial score (nSPS) is 20.5. The molecule has 0 unspecified atom stereocenters. The van der Waals surface area contributed by atoms with Crippen molar-refractivity contribution in [1.82, 2.24) is 4.98 Å². The Morgan fingerprint density at radius 2 is 2.42 bits per heavy atom. The molecular weight excluding hydrogens is 262 g/mol. The van der Waals surface area contributed by atoms with Crippen molar-refractivity contribution in [3.05, 3.63) is 15.6 Å². The van der Waals surface area contributed by atoms with Crippen LogP contribution in [0.15, 0.2) is 0 Å². The molecule has 4 nitrogen and oxygen atoms in total. The van der Waals surface area contributed by atoms with Crippen LogP contribution in [0.5, 0.6) is 0 Å². The highest BCUT2D eigenvalue weighted by molar-refractivity contribution is 7.11. The lowest BCUT2D eigenvalue weighted by molar-refractivity contribution is -0.150. The van der Waals surface area contributed by atoms with E-state index in [0.717, 1.165) is 41.4 Å². The number of carbonyl (C=O) groups is 1. The van der Waals surface area contributed by atoms with Gasteiger partial charge in [0, 0.05) is 6.61 Å². The fraction of sp³-hybridized carbons (Fsp3) is 0.714. The molecule has 2 rings (SSSR count). The summed E-state index contributed by atoms with van der Waals surface area (Å²) >= 11 is 1.63. The van der Waals surface area contributed by atoms with E-state index in [4.69, 9.17) is 9.47 Å². The second-order valence-corrected chi connectivity index (χ2v) is 6.00. The van der Waals surface area contributed by atoms with Crippen LogP contribution in [0.2, 0.25) is 0 Å². The second kappa shape index (κ2) is 6.48. The Kier molecular flexibility index (Phi) is 4.93. The monoisotopic (exact) mass is 283 g/mol. The van der Waals surface area contributed by atoms with E-state index in [2.05, 4.69) is 11.9 Å². The van der Waals surface area contributed by atoms with Crippen LogP contribution in [0, 0.1) is 6.92 Å². The molecule has 106 valence electrons. The maximum absolute atomic E-state index is 11.9. The molecule has 0 radical (unpaired) electrons. The van der Waals surface area contributed by atoms with Crippen molar-refractivity contribution < 1.29 is 14.3 Å². The summed E-state index contributed by atoms with van der Waals surface area (Å²) in [4.78, 5) is 17.4. The highest BCUT2D eigenvalue weighted by atomic mass is 32.1. The van der Waals surface area contributed by atoms with Gasteiger partial charge in [-0.1, -0.05) is 6.92 Å². The third kappa shape index (κ3) is 3.76. The van der Waals surface area contributed by atoms with Crippen LogP contribution in [0.25, 0.3) is 0 Å². The Morgan fingerprint density at radius 1 is 1.63 bits per heavy atom. The molecular formula is C14H21NO3S. The third-order valence-corrected chi connectivity index (χ3v) is 4.74. The number of hydrogen-bond acceptors (Lipinski definition) is 5. The molecule has 1 aliphatic rings. The number of aromatic nitrogens is 1. The van der Waals surface area contributed by atoms with Crippen LogP contribution in [0.4, 0.5) is 0 Å². The molecule has 19 heavy (non-hydrogen) atoms. The summed E-state index contributed by atoms with van der Waals surface area (Å²) in [5, 5.41) is 1.09. The number of rotatable bonds is 5. The number of thiazole rings is 1. The summed E-state index contributed by atoms with van der Waals surface area (Å²) in [7, 11) is 0. The summed E-state index contributed by atoms with van der Waals surface area (Å²) in [5.74, 6) is -0.176. The maximum atomic E-state index is 11.9. The van der Waals surface area contributed by atoms with Gasteiger partial charge in [0.2, 0.25) is 0 Å². The van der Waals surface area contributed by atoms with Gasteiger partial charge in [0.1, 0.15) is 6.10 Å². The molecule has 1 aliphatic heterocycles. The topological polar surface area (TPSA) is 48.4 Å². The predicted molar refractivity (Wildman–Crippen MR) is 74.3 cm³/mol. The third-order valence-electron chi connectivity index (χ3n) is 3.27. The molecule has 0 aromatic carbocycles. The van der Waals surface area contributed by atoms with Crippen LogP contribution in [-0.4, -0.2) is 23.7 Å². The van der Waals surface area contributed by atoms with E-state index in [1.165, 1.54) is 0 Å². The number of aryl methyl sites for hydroxylation is 2. The molecule has 1 aromatic rings. The molecule has 0 amide bonds. The first kappa shape index (κ1) is 14.5. The molecule has 1 saturated heterocycles. The van der Waals surface area contributed by atoms with Gasteiger partial charge in [-0.15, -0.1) is 11.3 Å². The van der Waals surface area contributed by atoms with Crippen LogP contribution < -0.4 is 0 Å². The Bertz CT molecular complexity index is 438. The summed E-state index contributed by atoms with van der Waals surface area (Å²) < 4.78 is 10.9. The van der Waals surface area contributed by atoms with Crippen LogP contribution >= 0.6 is 11.3 Å². The average molecular weight is 283 g/mol. The van der Waals surface area contributed by atoms with Gasteiger partial charge in [-0.2, -0.15) is 0 Å². The van der Waals surface area contributed by atoms with Gasteiger partial charge in [0.05, 0.1) is 28.1 Å².